The Kier molecular flexibility index (Phi) is 3.36. The molecule has 0 aliphatic heterocycles. The van der Waals surface area contributed by atoms with Crippen LogP contribution in [0.1, 0.15) is 27.2 Å². The second kappa shape index (κ2) is 3.97. The molecule has 2 nitrogen and oxygen atoms in total. The van der Waals surface area contributed by atoms with Gasteiger partial charge in [-0.25, -0.2) is 0 Å². The molecule has 1 aliphatic rings. The van der Waals surface area contributed by atoms with Crippen LogP contribution in [0, 0.1) is 11.3 Å². The maximum Gasteiger partial charge on any atom is 0.0166 e. The lowest BCUT2D eigenvalue weighted by molar-refractivity contribution is 0.343. The molecule has 2 atom stereocenters. The minimum Gasteiger partial charge on any atom is -0.313 e. The van der Waals surface area contributed by atoms with Gasteiger partial charge in [-0.3, -0.25) is 0 Å². The molecule has 0 aromatic carbocycles. The van der Waals surface area contributed by atoms with E-state index in [9.17, 15) is 0 Å². The summed E-state index contributed by atoms with van der Waals surface area (Å²) in [6, 6.07) is 0.617. The van der Waals surface area contributed by atoms with E-state index in [1.165, 1.54) is 13.0 Å². The highest BCUT2D eigenvalue weighted by Gasteiger charge is 2.44. The van der Waals surface area contributed by atoms with Gasteiger partial charge < -0.3 is 10.2 Å². The lowest BCUT2D eigenvalue weighted by Gasteiger charge is -2.18. The van der Waals surface area contributed by atoms with Crippen LogP contribution in [0.25, 0.3) is 0 Å². The summed E-state index contributed by atoms with van der Waals surface area (Å²) in [5.74, 6) is 0.914. The van der Waals surface area contributed by atoms with Crippen molar-refractivity contribution in [2.45, 2.75) is 33.2 Å². The third kappa shape index (κ3) is 3.65. The summed E-state index contributed by atoms with van der Waals surface area (Å²) in [7, 11) is 4.25. The minimum atomic E-state index is 0.616. The molecule has 0 aromatic heterocycles. The van der Waals surface area contributed by atoms with Gasteiger partial charge in [0, 0.05) is 12.6 Å². The van der Waals surface area contributed by atoms with Gasteiger partial charge in [0.25, 0.3) is 0 Å². The van der Waals surface area contributed by atoms with Crippen molar-refractivity contribution in [1.82, 2.24) is 10.2 Å². The molecule has 0 saturated heterocycles. The predicted octanol–water partition coefficient (Wildman–Crippen LogP) is 1.57. The summed E-state index contributed by atoms with van der Waals surface area (Å²) in [6.45, 7) is 9.30. The number of rotatable bonds is 5. The third-order valence-electron chi connectivity index (χ3n) is 3.07. The molecule has 1 aliphatic carbocycles. The molecule has 0 heterocycles. The van der Waals surface area contributed by atoms with Gasteiger partial charge in [-0.2, -0.15) is 0 Å². The number of hydrogen-bond donors (Lipinski definition) is 1. The Morgan fingerprint density at radius 2 is 2.00 bits per heavy atom. The van der Waals surface area contributed by atoms with Crippen molar-refractivity contribution in [3.05, 3.63) is 0 Å². The van der Waals surface area contributed by atoms with Gasteiger partial charge >= 0.3 is 0 Å². The van der Waals surface area contributed by atoms with Crippen molar-refractivity contribution in [2.24, 2.45) is 11.3 Å². The van der Waals surface area contributed by atoms with Gasteiger partial charge in [0.2, 0.25) is 0 Å². The summed E-state index contributed by atoms with van der Waals surface area (Å²) in [6.07, 6.45) is 1.40. The van der Waals surface area contributed by atoms with Crippen LogP contribution >= 0.6 is 0 Å². The van der Waals surface area contributed by atoms with Gasteiger partial charge in [-0.15, -0.1) is 0 Å². The molecule has 1 saturated carbocycles. The second-order valence-electron chi connectivity index (χ2n) is 5.46. The van der Waals surface area contributed by atoms with Crippen molar-refractivity contribution in [1.29, 1.82) is 0 Å². The first-order valence-electron chi connectivity index (χ1n) is 5.30. The number of nitrogens with zero attached hydrogens (tertiary/aromatic N) is 1. The molecule has 2 heteroatoms. The highest BCUT2D eigenvalue weighted by atomic mass is 15.1. The average molecular weight is 184 g/mol. The van der Waals surface area contributed by atoms with Crippen LogP contribution in [0.2, 0.25) is 0 Å². The Labute approximate surface area is 82.7 Å². The van der Waals surface area contributed by atoms with E-state index in [1.807, 2.05) is 0 Å². The Morgan fingerprint density at radius 1 is 1.46 bits per heavy atom. The minimum absolute atomic E-state index is 0.616. The standard InChI is InChI=1S/C11H24N2/c1-9(8-13(4)5)12-7-10-6-11(10,2)3/h9-10,12H,6-8H2,1-5H3. The molecular formula is C11H24N2. The number of hydrogen-bond acceptors (Lipinski definition) is 2. The van der Waals surface area contributed by atoms with E-state index in [2.05, 4.69) is 45.1 Å². The van der Waals surface area contributed by atoms with Crippen molar-refractivity contribution in [3.63, 3.8) is 0 Å². The Bertz CT molecular complexity index is 163. The molecule has 78 valence electrons. The van der Waals surface area contributed by atoms with Crippen molar-refractivity contribution >= 4 is 0 Å². The van der Waals surface area contributed by atoms with Crippen molar-refractivity contribution < 1.29 is 0 Å². The van der Waals surface area contributed by atoms with E-state index in [4.69, 9.17) is 0 Å². The van der Waals surface area contributed by atoms with Crippen LogP contribution in [0.15, 0.2) is 0 Å². The average Bonchev–Trinajstić information content (AvgIpc) is 2.53. The van der Waals surface area contributed by atoms with Crippen molar-refractivity contribution in [2.75, 3.05) is 27.2 Å². The smallest absolute Gasteiger partial charge is 0.0166 e. The summed E-state index contributed by atoms with van der Waals surface area (Å²) >= 11 is 0. The zero-order valence-corrected chi connectivity index (χ0v) is 9.72. The maximum atomic E-state index is 3.59. The van der Waals surface area contributed by atoms with Crippen LogP contribution in [0.4, 0.5) is 0 Å². The van der Waals surface area contributed by atoms with E-state index in [0.29, 0.717) is 11.5 Å². The summed E-state index contributed by atoms with van der Waals surface area (Å²) in [5.41, 5.74) is 0.616. The lowest BCUT2D eigenvalue weighted by atomic mass is 10.1. The highest BCUT2D eigenvalue weighted by Crippen LogP contribution is 2.50. The van der Waals surface area contributed by atoms with Crippen molar-refractivity contribution in [3.8, 4) is 0 Å². The van der Waals surface area contributed by atoms with Gasteiger partial charge in [0.1, 0.15) is 0 Å². The normalized spacial score (nSPS) is 27.7. The second-order valence-corrected chi connectivity index (χ2v) is 5.46. The molecule has 2 unspecified atom stereocenters. The molecule has 0 aromatic rings. The Balaban J connectivity index is 2.06. The first-order valence-corrected chi connectivity index (χ1v) is 5.30. The fourth-order valence-electron chi connectivity index (χ4n) is 1.88. The van der Waals surface area contributed by atoms with Gasteiger partial charge in [0.15, 0.2) is 0 Å². The number of nitrogens with one attached hydrogen (secondary N) is 1. The molecule has 0 radical (unpaired) electrons. The number of likely N-dealkylation sites (N-methyl/N-ethyl adjacent to an activating group) is 1. The summed E-state index contributed by atoms with van der Waals surface area (Å²) in [4.78, 5) is 2.23. The van der Waals surface area contributed by atoms with Gasteiger partial charge in [-0.05, 0) is 45.3 Å². The van der Waals surface area contributed by atoms with Crippen LogP contribution in [-0.2, 0) is 0 Å². The van der Waals surface area contributed by atoms with Crippen LogP contribution < -0.4 is 5.32 Å². The Hall–Kier alpha value is -0.0800. The van der Waals surface area contributed by atoms with E-state index >= 15 is 0 Å². The van der Waals surface area contributed by atoms with Crippen LogP contribution in [-0.4, -0.2) is 38.1 Å². The predicted molar refractivity (Wildman–Crippen MR) is 57.9 cm³/mol. The fraction of sp³-hybridized carbons (Fsp3) is 1.00. The van der Waals surface area contributed by atoms with E-state index < -0.39 is 0 Å². The fourth-order valence-corrected chi connectivity index (χ4v) is 1.88. The molecular weight excluding hydrogens is 160 g/mol. The van der Waals surface area contributed by atoms with E-state index in [0.717, 1.165) is 12.5 Å². The topological polar surface area (TPSA) is 15.3 Å². The maximum absolute atomic E-state index is 3.59. The molecule has 0 bridgehead atoms. The zero-order valence-electron chi connectivity index (χ0n) is 9.72. The zero-order chi connectivity index (χ0) is 10.1. The quantitative estimate of drug-likeness (QED) is 0.698. The SMILES string of the molecule is CC(CN(C)C)NCC1CC1(C)C. The molecule has 13 heavy (non-hydrogen) atoms. The van der Waals surface area contributed by atoms with E-state index in [-0.39, 0.29) is 0 Å². The molecule has 1 N–H and O–H groups in total. The monoisotopic (exact) mass is 184 g/mol. The largest absolute Gasteiger partial charge is 0.313 e. The lowest BCUT2D eigenvalue weighted by Crippen LogP contribution is -2.37. The molecule has 0 amide bonds. The highest BCUT2D eigenvalue weighted by molar-refractivity contribution is 4.96. The van der Waals surface area contributed by atoms with Gasteiger partial charge in [-0.1, -0.05) is 13.8 Å². The van der Waals surface area contributed by atoms with Crippen LogP contribution in [0.5, 0.6) is 0 Å². The first-order chi connectivity index (χ1) is 5.92. The summed E-state index contributed by atoms with van der Waals surface area (Å²) in [5, 5.41) is 3.59. The molecule has 1 rings (SSSR count). The van der Waals surface area contributed by atoms with Crippen LogP contribution in [0.3, 0.4) is 0 Å². The van der Waals surface area contributed by atoms with Gasteiger partial charge in [0.05, 0.1) is 0 Å². The Morgan fingerprint density at radius 3 is 2.38 bits per heavy atom. The molecule has 1 fully saturated rings. The third-order valence-corrected chi connectivity index (χ3v) is 3.07. The first kappa shape index (κ1) is 11.0. The molecule has 0 spiro atoms. The van der Waals surface area contributed by atoms with E-state index in [1.54, 1.807) is 0 Å². The summed E-state index contributed by atoms with van der Waals surface area (Å²) < 4.78 is 0.